The molecule has 0 radical (unpaired) electrons. The summed E-state index contributed by atoms with van der Waals surface area (Å²) in [5, 5.41) is 0. The van der Waals surface area contributed by atoms with Crippen molar-refractivity contribution in [1.29, 1.82) is 0 Å². The number of benzene rings is 1. The standard InChI is InChI=1S/C18H27NO2/c1-15-14-19(12-7-6-10-18(20)21-2)13-11-17(15)16-8-4-3-5-9-16/h3-5,8-9,15,17H,6-7,10-14H2,1-2H3/t15-,17-/m1/s1. The Bertz CT molecular complexity index is 432. The fraction of sp³-hybridized carbons (Fsp3) is 0.611. The van der Waals surface area contributed by atoms with Crippen LogP contribution in [0, 0.1) is 5.92 Å². The summed E-state index contributed by atoms with van der Waals surface area (Å²) in [6, 6.07) is 10.9. The largest absolute Gasteiger partial charge is 0.469 e. The molecule has 0 bridgehead atoms. The maximum absolute atomic E-state index is 11.1. The number of hydrogen-bond acceptors (Lipinski definition) is 3. The van der Waals surface area contributed by atoms with E-state index in [0.29, 0.717) is 18.3 Å². The molecule has 0 aliphatic carbocycles. The summed E-state index contributed by atoms with van der Waals surface area (Å²) < 4.78 is 4.67. The number of piperidine rings is 1. The van der Waals surface area contributed by atoms with Crippen molar-refractivity contribution in [3.63, 3.8) is 0 Å². The highest BCUT2D eigenvalue weighted by Crippen LogP contribution is 2.32. The van der Waals surface area contributed by atoms with Gasteiger partial charge in [0.1, 0.15) is 0 Å². The molecule has 0 saturated carbocycles. The van der Waals surface area contributed by atoms with E-state index in [2.05, 4.69) is 46.9 Å². The quantitative estimate of drug-likeness (QED) is 0.593. The molecule has 2 atom stereocenters. The van der Waals surface area contributed by atoms with Gasteiger partial charge in [-0.25, -0.2) is 0 Å². The molecule has 1 fully saturated rings. The summed E-state index contributed by atoms with van der Waals surface area (Å²) in [6.45, 7) is 5.79. The molecule has 1 heterocycles. The van der Waals surface area contributed by atoms with Crippen molar-refractivity contribution >= 4 is 5.97 Å². The molecule has 0 amide bonds. The number of nitrogens with zero attached hydrogens (tertiary/aromatic N) is 1. The molecule has 1 aromatic rings. The Kier molecular flexibility index (Phi) is 6.24. The molecular formula is C18H27NO2. The molecule has 3 nitrogen and oxygen atoms in total. The SMILES string of the molecule is COC(=O)CCCCN1CC[C@@H](c2ccccc2)[C@H](C)C1. The normalized spacial score (nSPS) is 23.0. The van der Waals surface area contributed by atoms with Gasteiger partial charge in [-0.3, -0.25) is 4.79 Å². The molecule has 3 heteroatoms. The van der Waals surface area contributed by atoms with Crippen LogP contribution in [0.15, 0.2) is 30.3 Å². The summed E-state index contributed by atoms with van der Waals surface area (Å²) in [7, 11) is 1.46. The van der Waals surface area contributed by atoms with Crippen LogP contribution in [-0.4, -0.2) is 37.6 Å². The Morgan fingerprint density at radius 1 is 1.29 bits per heavy atom. The van der Waals surface area contributed by atoms with Crippen LogP contribution >= 0.6 is 0 Å². The van der Waals surface area contributed by atoms with Crippen molar-refractivity contribution in [3.05, 3.63) is 35.9 Å². The van der Waals surface area contributed by atoms with Crippen LogP contribution in [0.1, 0.15) is 44.1 Å². The molecule has 0 unspecified atom stereocenters. The molecule has 0 spiro atoms. The average Bonchev–Trinajstić information content (AvgIpc) is 2.52. The van der Waals surface area contributed by atoms with Gasteiger partial charge in [0.15, 0.2) is 0 Å². The first kappa shape index (κ1) is 16.0. The smallest absolute Gasteiger partial charge is 0.305 e. The lowest BCUT2D eigenvalue weighted by atomic mass is 9.81. The molecule has 1 aliphatic rings. The molecule has 21 heavy (non-hydrogen) atoms. The predicted octanol–water partition coefficient (Wildman–Crippen LogP) is 3.46. The predicted molar refractivity (Wildman–Crippen MR) is 85.3 cm³/mol. The number of hydrogen-bond donors (Lipinski definition) is 0. The molecule has 0 aromatic heterocycles. The lowest BCUT2D eigenvalue weighted by Crippen LogP contribution is -2.38. The van der Waals surface area contributed by atoms with E-state index >= 15 is 0 Å². The Morgan fingerprint density at radius 2 is 2.05 bits per heavy atom. The van der Waals surface area contributed by atoms with E-state index in [9.17, 15) is 4.79 Å². The van der Waals surface area contributed by atoms with Crippen LogP contribution in [-0.2, 0) is 9.53 Å². The van der Waals surface area contributed by atoms with Gasteiger partial charge in [0.05, 0.1) is 7.11 Å². The summed E-state index contributed by atoms with van der Waals surface area (Å²) in [4.78, 5) is 13.6. The molecular weight excluding hydrogens is 262 g/mol. The Hall–Kier alpha value is -1.35. The van der Waals surface area contributed by atoms with Gasteiger partial charge in [-0.1, -0.05) is 37.3 Å². The number of carbonyl (C=O) groups is 1. The van der Waals surface area contributed by atoms with Crippen LogP contribution < -0.4 is 0 Å². The highest BCUT2D eigenvalue weighted by atomic mass is 16.5. The number of rotatable bonds is 6. The van der Waals surface area contributed by atoms with Gasteiger partial charge < -0.3 is 9.64 Å². The van der Waals surface area contributed by atoms with Crippen molar-refractivity contribution in [1.82, 2.24) is 4.90 Å². The zero-order valence-electron chi connectivity index (χ0n) is 13.3. The van der Waals surface area contributed by atoms with Crippen LogP contribution in [0.5, 0.6) is 0 Å². The number of ether oxygens (including phenoxy) is 1. The highest BCUT2D eigenvalue weighted by Gasteiger charge is 2.26. The van der Waals surface area contributed by atoms with Crippen molar-refractivity contribution in [3.8, 4) is 0 Å². The highest BCUT2D eigenvalue weighted by molar-refractivity contribution is 5.68. The first-order valence-electron chi connectivity index (χ1n) is 8.05. The van der Waals surface area contributed by atoms with Gasteiger partial charge in [-0.15, -0.1) is 0 Å². The molecule has 1 aliphatic heterocycles. The third kappa shape index (κ3) is 4.85. The van der Waals surface area contributed by atoms with Gasteiger partial charge in [-0.05, 0) is 49.8 Å². The van der Waals surface area contributed by atoms with Crippen molar-refractivity contribution in [2.75, 3.05) is 26.7 Å². The van der Waals surface area contributed by atoms with Gasteiger partial charge in [0.25, 0.3) is 0 Å². The van der Waals surface area contributed by atoms with E-state index in [1.54, 1.807) is 0 Å². The summed E-state index contributed by atoms with van der Waals surface area (Å²) >= 11 is 0. The lowest BCUT2D eigenvalue weighted by molar-refractivity contribution is -0.140. The van der Waals surface area contributed by atoms with E-state index < -0.39 is 0 Å². The summed E-state index contributed by atoms with van der Waals surface area (Å²) in [5.41, 5.74) is 1.48. The first-order chi connectivity index (χ1) is 10.2. The first-order valence-corrected chi connectivity index (χ1v) is 8.05. The topological polar surface area (TPSA) is 29.5 Å². The minimum absolute atomic E-state index is 0.0915. The minimum Gasteiger partial charge on any atom is -0.469 e. The maximum Gasteiger partial charge on any atom is 0.305 e. The van der Waals surface area contributed by atoms with Crippen molar-refractivity contribution in [2.45, 2.75) is 38.5 Å². The monoisotopic (exact) mass is 289 g/mol. The molecule has 1 aromatic carbocycles. The number of esters is 1. The number of carbonyl (C=O) groups excluding carboxylic acids is 1. The number of methoxy groups -OCH3 is 1. The van der Waals surface area contributed by atoms with E-state index in [1.807, 2.05) is 0 Å². The Morgan fingerprint density at radius 3 is 2.71 bits per heavy atom. The average molecular weight is 289 g/mol. The second-order valence-corrected chi connectivity index (χ2v) is 6.12. The van der Waals surface area contributed by atoms with Gasteiger partial charge in [0.2, 0.25) is 0 Å². The summed E-state index contributed by atoms with van der Waals surface area (Å²) in [6.07, 6.45) is 3.80. The fourth-order valence-electron chi connectivity index (χ4n) is 3.34. The summed E-state index contributed by atoms with van der Waals surface area (Å²) in [5.74, 6) is 1.30. The third-order valence-electron chi connectivity index (χ3n) is 4.55. The lowest BCUT2D eigenvalue weighted by Gasteiger charge is -2.37. The molecule has 0 N–H and O–H groups in total. The van der Waals surface area contributed by atoms with Gasteiger partial charge >= 0.3 is 5.97 Å². The van der Waals surface area contributed by atoms with Crippen molar-refractivity contribution in [2.24, 2.45) is 5.92 Å². The van der Waals surface area contributed by atoms with Crippen LogP contribution in [0.4, 0.5) is 0 Å². The zero-order valence-corrected chi connectivity index (χ0v) is 13.3. The van der Waals surface area contributed by atoms with E-state index in [1.165, 1.54) is 25.6 Å². The van der Waals surface area contributed by atoms with Crippen molar-refractivity contribution < 1.29 is 9.53 Å². The van der Waals surface area contributed by atoms with E-state index in [4.69, 9.17) is 0 Å². The van der Waals surface area contributed by atoms with Crippen LogP contribution in [0.2, 0.25) is 0 Å². The Labute approximate surface area is 128 Å². The van der Waals surface area contributed by atoms with Crippen LogP contribution in [0.25, 0.3) is 0 Å². The molecule has 2 rings (SSSR count). The third-order valence-corrected chi connectivity index (χ3v) is 4.55. The molecule has 116 valence electrons. The Balaban J connectivity index is 1.72. The van der Waals surface area contributed by atoms with Gasteiger partial charge in [0, 0.05) is 13.0 Å². The van der Waals surface area contributed by atoms with Gasteiger partial charge in [-0.2, -0.15) is 0 Å². The van der Waals surface area contributed by atoms with Crippen LogP contribution in [0.3, 0.4) is 0 Å². The maximum atomic E-state index is 11.1. The van der Waals surface area contributed by atoms with E-state index in [-0.39, 0.29) is 5.97 Å². The fourth-order valence-corrected chi connectivity index (χ4v) is 3.34. The molecule has 1 saturated heterocycles. The number of unbranched alkanes of at least 4 members (excludes halogenated alkanes) is 1. The number of likely N-dealkylation sites (tertiary alicyclic amines) is 1. The second-order valence-electron chi connectivity index (χ2n) is 6.12. The minimum atomic E-state index is -0.0915. The van der Waals surface area contributed by atoms with E-state index in [0.717, 1.165) is 25.9 Å². The second kappa shape index (κ2) is 8.18. The zero-order chi connectivity index (χ0) is 15.1.